The molecule has 4 nitrogen and oxygen atoms in total. The summed E-state index contributed by atoms with van der Waals surface area (Å²) in [5, 5.41) is 41.6. The van der Waals surface area contributed by atoms with Crippen LogP contribution in [0.1, 0.15) is 52.4 Å². The van der Waals surface area contributed by atoms with Crippen LogP contribution in [0.3, 0.4) is 0 Å². The summed E-state index contributed by atoms with van der Waals surface area (Å²) in [7, 11) is 0. The first-order chi connectivity index (χ1) is 10.8. The number of fused-ring (bicyclic) bond motifs is 5. The van der Waals surface area contributed by atoms with Crippen LogP contribution in [0.2, 0.25) is 0 Å². The fourth-order valence-corrected chi connectivity index (χ4v) is 6.62. The summed E-state index contributed by atoms with van der Waals surface area (Å²) in [4.78, 5) is 0. The van der Waals surface area contributed by atoms with Gasteiger partial charge in [-0.25, -0.2) is 0 Å². The Hall–Kier alpha value is -0.420. The summed E-state index contributed by atoms with van der Waals surface area (Å²) < 4.78 is 0. The van der Waals surface area contributed by atoms with Crippen molar-refractivity contribution in [2.45, 2.75) is 76.8 Å². The van der Waals surface area contributed by atoms with Crippen molar-refractivity contribution in [3.8, 4) is 0 Å². The van der Waals surface area contributed by atoms with E-state index < -0.39 is 18.3 Å². The molecule has 0 spiro atoms. The van der Waals surface area contributed by atoms with Crippen LogP contribution in [0.15, 0.2) is 11.6 Å². The van der Waals surface area contributed by atoms with E-state index in [-0.39, 0.29) is 28.8 Å². The smallest absolute Gasteiger partial charge is 0.0855 e. The molecule has 3 fully saturated rings. The molecule has 0 aliphatic heterocycles. The zero-order chi connectivity index (χ0) is 16.6. The van der Waals surface area contributed by atoms with E-state index in [0.29, 0.717) is 18.8 Å². The van der Waals surface area contributed by atoms with Crippen LogP contribution in [0.25, 0.3) is 0 Å². The Morgan fingerprint density at radius 1 is 1.00 bits per heavy atom. The molecule has 130 valence electrons. The van der Waals surface area contributed by atoms with Gasteiger partial charge in [-0.1, -0.05) is 25.5 Å². The Balaban J connectivity index is 1.73. The maximum atomic E-state index is 10.9. The standard InChI is InChI=1S/C19H30O4/c1-18-5-3-11(20)7-10(18)8-14(21)16-12(18)4-6-19(2)13(16)9-15(22)17(19)23/h8,11-17,20-23H,3-7,9H2,1-2H3/t11-,12?,13?,14+,15-,16?,17+,18+,19+/m1/s1. The fourth-order valence-electron chi connectivity index (χ4n) is 6.62. The maximum absolute atomic E-state index is 10.9. The van der Waals surface area contributed by atoms with Crippen molar-refractivity contribution in [3.63, 3.8) is 0 Å². The van der Waals surface area contributed by atoms with Crippen molar-refractivity contribution in [3.05, 3.63) is 11.6 Å². The van der Waals surface area contributed by atoms with Gasteiger partial charge in [0, 0.05) is 0 Å². The van der Waals surface area contributed by atoms with Crippen LogP contribution >= 0.6 is 0 Å². The topological polar surface area (TPSA) is 80.9 Å². The number of aliphatic hydroxyl groups excluding tert-OH is 4. The largest absolute Gasteiger partial charge is 0.393 e. The predicted molar refractivity (Wildman–Crippen MR) is 86.5 cm³/mol. The molecule has 0 aromatic rings. The molecule has 4 aliphatic rings. The molecule has 3 saturated carbocycles. The first-order valence-electron chi connectivity index (χ1n) is 9.21. The third-order valence-electron chi connectivity index (χ3n) is 8.08. The lowest BCUT2D eigenvalue weighted by Gasteiger charge is -2.58. The van der Waals surface area contributed by atoms with Crippen LogP contribution in [0, 0.1) is 28.6 Å². The molecule has 0 aromatic heterocycles. The van der Waals surface area contributed by atoms with Crippen molar-refractivity contribution in [1.29, 1.82) is 0 Å². The summed E-state index contributed by atoms with van der Waals surface area (Å²) in [6.45, 7) is 4.40. The van der Waals surface area contributed by atoms with E-state index in [0.717, 1.165) is 25.7 Å². The molecular weight excluding hydrogens is 292 g/mol. The van der Waals surface area contributed by atoms with E-state index in [1.54, 1.807) is 0 Å². The van der Waals surface area contributed by atoms with Crippen molar-refractivity contribution in [2.75, 3.05) is 0 Å². The predicted octanol–water partition coefficient (Wildman–Crippen LogP) is 1.61. The van der Waals surface area contributed by atoms with Crippen LogP contribution in [0.4, 0.5) is 0 Å². The molecule has 23 heavy (non-hydrogen) atoms. The van der Waals surface area contributed by atoms with Crippen molar-refractivity contribution in [2.24, 2.45) is 28.6 Å². The van der Waals surface area contributed by atoms with Gasteiger partial charge in [-0.15, -0.1) is 0 Å². The lowest BCUT2D eigenvalue weighted by molar-refractivity contribution is -0.110. The van der Waals surface area contributed by atoms with E-state index in [4.69, 9.17) is 0 Å². The summed E-state index contributed by atoms with van der Waals surface area (Å²) in [5.74, 6) is 0.674. The molecule has 0 aromatic carbocycles. The molecule has 4 heteroatoms. The zero-order valence-electron chi connectivity index (χ0n) is 14.2. The molecule has 0 amide bonds. The van der Waals surface area contributed by atoms with Gasteiger partial charge in [-0.2, -0.15) is 0 Å². The monoisotopic (exact) mass is 322 g/mol. The van der Waals surface area contributed by atoms with E-state index in [9.17, 15) is 20.4 Å². The highest BCUT2D eigenvalue weighted by Gasteiger charge is 2.62. The number of aliphatic hydroxyl groups is 4. The van der Waals surface area contributed by atoms with Crippen molar-refractivity contribution < 1.29 is 20.4 Å². The second-order valence-electron chi connectivity index (χ2n) is 9.08. The molecule has 0 saturated heterocycles. The van der Waals surface area contributed by atoms with Gasteiger partial charge in [0.1, 0.15) is 0 Å². The van der Waals surface area contributed by atoms with Gasteiger partial charge in [-0.3, -0.25) is 0 Å². The second-order valence-corrected chi connectivity index (χ2v) is 9.08. The SMILES string of the molecule is C[C@]12CC[C@@H](O)CC1=C[C@H](O)C1C2CC[C@@]2(C)C1C[C@@H](O)[C@@H]2O. The van der Waals surface area contributed by atoms with Gasteiger partial charge in [0.2, 0.25) is 0 Å². The first kappa shape index (κ1) is 16.1. The van der Waals surface area contributed by atoms with Gasteiger partial charge in [0.15, 0.2) is 0 Å². The third-order valence-corrected chi connectivity index (χ3v) is 8.08. The first-order valence-corrected chi connectivity index (χ1v) is 9.21. The van der Waals surface area contributed by atoms with Crippen LogP contribution in [-0.2, 0) is 0 Å². The van der Waals surface area contributed by atoms with Crippen LogP contribution in [-0.4, -0.2) is 44.8 Å². The molecule has 0 radical (unpaired) electrons. The molecule has 3 unspecified atom stereocenters. The van der Waals surface area contributed by atoms with Gasteiger partial charge < -0.3 is 20.4 Å². The normalized spacial score (nSPS) is 58.9. The van der Waals surface area contributed by atoms with E-state index in [2.05, 4.69) is 13.8 Å². The average molecular weight is 322 g/mol. The Morgan fingerprint density at radius 3 is 2.48 bits per heavy atom. The summed E-state index contributed by atoms with van der Waals surface area (Å²) in [6.07, 6.45) is 4.85. The van der Waals surface area contributed by atoms with E-state index >= 15 is 0 Å². The van der Waals surface area contributed by atoms with E-state index in [1.165, 1.54) is 5.57 Å². The number of hydrogen-bond donors (Lipinski definition) is 4. The molecular formula is C19H30O4. The summed E-state index contributed by atoms with van der Waals surface area (Å²) in [6, 6.07) is 0. The Morgan fingerprint density at radius 2 is 1.74 bits per heavy atom. The summed E-state index contributed by atoms with van der Waals surface area (Å²) >= 11 is 0. The molecule has 0 bridgehead atoms. The molecule has 4 rings (SSSR count). The van der Waals surface area contributed by atoms with Gasteiger partial charge in [0.25, 0.3) is 0 Å². The average Bonchev–Trinajstić information content (AvgIpc) is 2.73. The highest BCUT2D eigenvalue weighted by atomic mass is 16.3. The highest BCUT2D eigenvalue weighted by molar-refractivity contribution is 5.28. The Labute approximate surface area is 138 Å². The van der Waals surface area contributed by atoms with Crippen LogP contribution < -0.4 is 0 Å². The van der Waals surface area contributed by atoms with Gasteiger partial charge >= 0.3 is 0 Å². The minimum Gasteiger partial charge on any atom is -0.393 e. The van der Waals surface area contributed by atoms with Crippen molar-refractivity contribution >= 4 is 0 Å². The van der Waals surface area contributed by atoms with Crippen LogP contribution in [0.5, 0.6) is 0 Å². The molecule has 0 heterocycles. The van der Waals surface area contributed by atoms with Gasteiger partial charge in [-0.05, 0) is 67.1 Å². The minimum absolute atomic E-state index is 0.0585. The fraction of sp³-hybridized carbons (Fsp3) is 0.895. The molecule has 4 N–H and O–H groups in total. The maximum Gasteiger partial charge on any atom is 0.0855 e. The lowest BCUT2D eigenvalue weighted by Crippen LogP contribution is -2.55. The number of hydrogen-bond acceptors (Lipinski definition) is 4. The molecule has 9 atom stereocenters. The Kier molecular flexibility index (Phi) is 3.52. The quantitative estimate of drug-likeness (QED) is 0.511. The zero-order valence-corrected chi connectivity index (χ0v) is 14.2. The second kappa shape index (κ2) is 5.04. The minimum atomic E-state index is -0.674. The Bertz CT molecular complexity index is 531. The third kappa shape index (κ3) is 2.05. The van der Waals surface area contributed by atoms with E-state index in [1.807, 2.05) is 6.08 Å². The molecule has 4 aliphatic carbocycles. The van der Waals surface area contributed by atoms with Crippen molar-refractivity contribution in [1.82, 2.24) is 0 Å². The highest BCUT2D eigenvalue weighted by Crippen LogP contribution is 2.64. The lowest BCUT2D eigenvalue weighted by atomic mass is 9.47. The summed E-state index contributed by atoms with van der Waals surface area (Å²) in [5.41, 5.74) is 1.01. The number of rotatable bonds is 0. The van der Waals surface area contributed by atoms with Gasteiger partial charge in [0.05, 0.1) is 24.4 Å².